The van der Waals surface area contributed by atoms with Crippen LogP contribution in [0.1, 0.15) is 11.1 Å². The van der Waals surface area contributed by atoms with E-state index in [1.807, 2.05) is 25.4 Å². The Morgan fingerprint density at radius 1 is 1.17 bits per heavy atom. The topological polar surface area (TPSA) is 24.9 Å². The van der Waals surface area contributed by atoms with Gasteiger partial charge in [-0.05, 0) is 49.2 Å². The Labute approximate surface area is 107 Å². The number of pyridine rings is 1. The molecule has 1 N–H and O–H groups in total. The highest BCUT2D eigenvalue weighted by Crippen LogP contribution is 2.10. The molecule has 1 unspecified atom stereocenters. The third kappa shape index (κ3) is 3.64. The van der Waals surface area contributed by atoms with Crippen LogP contribution in [0.25, 0.3) is 0 Å². The molecule has 2 nitrogen and oxygen atoms in total. The zero-order chi connectivity index (χ0) is 12.8. The fraction of sp³-hybridized carbons (Fsp3) is 0.267. The van der Waals surface area contributed by atoms with E-state index < -0.39 is 0 Å². The van der Waals surface area contributed by atoms with Crippen LogP contribution in [0.4, 0.5) is 4.39 Å². The molecule has 0 saturated carbocycles. The minimum absolute atomic E-state index is 0.177. The second-order valence-electron chi connectivity index (χ2n) is 4.39. The van der Waals surface area contributed by atoms with E-state index in [9.17, 15) is 4.39 Å². The molecule has 1 aromatic heterocycles. The average Bonchev–Trinajstić information content (AvgIpc) is 2.39. The van der Waals surface area contributed by atoms with E-state index in [4.69, 9.17) is 0 Å². The molecule has 1 heterocycles. The van der Waals surface area contributed by atoms with Gasteiger partial charge in [0.1, 0.15) is 5.82 Å². The number of aromatic nitrogens is 1. The summed E-state index contributed by atoms with van der Waals surface area (Å²) < 4.78 is 13.1. The van der Waals surface area contributed by atoms with Crippen LogP contribution in [-0.2, 0) is 12.8 Å². The Balaban J connectivity index is 2.01. The van der Waals surface area contributed by atoms with Gasteiger partial charge in [0, 0.05) is 18.4 Å². The number of nitrogens with zero attached hydrogens (tertiary/aromatic N) is 1. The van der Waals surface area contributed by atoms with Crippen molar-refractivity contribution in [3.8, 4) is 0 Å². The molecule has 0 fully saturated rings. The molecule has 0 aliphatic carbocycles. The largest absolute Gasteiger partial charge is 0.316 e. The number of hydrogen-bond acceptors (Lipinski definition) is 2. The van der Waals surface area contributed by atoms with E-state index in [0.29, 0.717) is 0 Å². The summed E-state index contributed by atoms with van der Waals surface area (Å²) in [4.78, 5) is 4.11. The Hall–Kier alpha value is -1.74. The fourth-order valence-corrected chi connectivity index (χ4v) is 2.03. The molecule has 18 heavy (non-hydrogen) atoms. The van der Waals surface area contributed by atoms with Gasteiger partial charge in [0.05, 0.1) is 0 Å². The van der Waals surface area contributed by atoms with Gasteiger partial charge in [-0.1, -0.05) is 18.2 Å². The summed E-state index contributed by atoms with van der Waals surface area (Å²) in [7, 11) is 1.93. The van der Waals surface area contributed by atoms with Gasteiger partial charge in [-0.25, -0.2) is 4.39 Å². The molecule has 2 aromatic rings. The summed E-state index contributed by atoms with van der Waals surface area (Å²) in [5, 5.41) is 3.27. The van der Waals surface area contributed by atoms with Gasteiger partial charge in [0.25, 0.3) is 0 Å². The van der Waals surface area contributed by atoms with Crippen molar-refractivity contribution in [1.29, 1.82) is 0 Å². The van der Waals surface area contributed by atoms with Crippen LogP contribution in [0.2, 0.25) is 0 Å². The first-order chi connectivity index (χ1) is 8.78. The van der Waals surface area contributed by atoms with E-state index in [1.165, 1.54) is 11.6 Å². The number of nitrogens with one attached hydrogen (secondary N) is 1. The first-order valence-corrected chi connectivity index (χ1v) is 6.08. The summed E-state index contributed by atoms with van der Waals surface area (Å²) in [6.07, 6.45) is 5.34. The zero-order valence-electron chi connectivity index (χ0n) is 10.4. The lowest BCUT2D eigenvalue weighted by Crippen LogP contribution is -2.29. The van der Waals surface area contributed by atoms with Crippen molar-refractivity contribution in [2.75, 3.05) is 7.05 Å². The highest BCUT2D eigenvalue weighted by Gasteiger charge is 2.08. The van der Waals surface area contributed by atoms with Gasteiger partial charge in [-0.2, -0.15) is 0 Å². The van der Waals surface area contributed by atoms with Crippen molar-refractivity contribution < 1.29 is 4.39 Å². The van der Waals surface area contributed by atoms with Crippen LogP contribution >= 0.6 is 0 Å². The molecule has 3 heteroatoms. The molecule has 0 bridgehead atoms. The van der Waals surface area contributed by atoms with Crippen molar-refractivity contribution in [3.05, 3.63) is 65.7 Å². The third-order valence-corrected chi connectivity index (χ3v) is 2.98. The normalized spacial score (nSPS) is 12.3. The quantitative estimate of drug-likeness (QED) is 0.874. The Bertz CT molecular complexity index is 485. The number of benzene rings is 1. The van der Waals surface area contributed by atoms with E-state index in [-0.39, 0.29) is 11.9 Å². The fourth-order valence-electron chi connectivity index (χ4n) is 2.03. The smallest absolute Gasteiger partial charge is 0.123 e. The zero-order valence-corrected chi connectivity index (χ0v) is 10.4. The first-order valence-electron chi connectivity index (χ1n) is 6.08. The summed E-state index contributed by atoms with van der Waals surface area (Å²) in [5.74, 6) is -0.177. The van der Waals surface area contributed by atoms with E-state index in [2.05, 4.69) is 16.4 Å². The molecule has 1 aromatic carbocycles. The van der Waals surface area contributed by atoms with Crippen molar-refractivity contribution in [2.24, 2.45) is 0 Å². The van der Waals surface area contributed by atoms with E-state index in [1.54, 1.807) is 18.3 Å². The molecular formula is C15H17FN2. The minimum atomic E-state index is -0.177. The van der Waals surface area contributed by atoms with Crippen LogP contribution in [0.3, 0.4) is 0 Å². The summed E-state index contributed by atoms with van der Waals surface area (Å²) in [5.41, 5.74) is 2.20. The number of likely N-dealkylation sites (N-methyl/N-ethyl adjacent to an activating group) is 1. The molecule has 0 aliphatic heterocycles. The van der Waals surface area contributed by atoms with Gasteiger partial charge < -0.3 is 5.32 Å². The SMILES string of the molecule is CNC(Cc1cccnc1)Cc1cccc(F)c1. The van der Waals surface area contributed by atoms with E-state index in [0.717, 1.165) is 18.4 Å². The average molecular weight is 244 g/mol. The van der Waals surface area contributed by atoms with Gasteiger partial charge >= 0.3 is 0 Å². The van der Waals surface area contributed by atoms with Crippen LogP contribution in [0.15, 0.2) is 48.8 Å². The molecule has 94 valence electrons. The standard InChI is InChI=1S/C15H17FN2/c1-17-15(10-13-5-3-7-18-11-13)9-12-4-2-6-14(16)8-12/h2-8,11,15,17H,9-10H2,1H3. The molecule has 0 saturated heterocycles. The summed E-state index contributed by atoms with van der Waals surface area (Å²) in [6, 6.07) is 11.0. The number of rotatable bonds is 5. The van der Waals surface area contributed by atoms with Gasteiger partial charge in [0.2, 0.25) is 0 Å². The van der Waals surface area contributed by atoms with Crippen LogP contribution < -0.4 is 5.32 Å². The van der Waals surface area contributed by atoms with Crippen LogP contribution in [-0.4, -0.2) is 18.1 Å². The van der Waals surface area contributed by atoms with Gasteiger partial charge in [0.15, 0.2) is 0 Å². The monoisotopic (exact) mass is 244 g/mol. The molecule has 0 amide bonds. The molecule has 1 atom stereocenters. The molecule has 0 radical (unpaired) electrons. The third-order valence-electron chi connectivity index (χ3n) is 2.98. The molecule has 0 spiro atoms. The summed E-state index contributed by atoms with van der Waals surface area (Å²) >= 11 is 0. The lowest BCUT2D eigenvalue weighted by Gasteiger charge is -2.16. The predicted octanol–water partition coefficient (Wildman–Crippen LogP) is 2.59. The maximum absolute atomic E-state index is 13.1. The van der Waals surface area contributed by atoms with Gasteiger partial charge in [-0.3, -0.25) is 4.98 Å². The number of halogens is 1. The van der Waals surface area contributed by atoms with E-state index >= 15 is 0 Å². The van der Waals surface area contributed by atoms with Crippen molar-refractivity contribution in [3.63, 3.8) is 0 Å². The maximum atomic E-state index is 13.1. The first kappa shape index (κ1) is 12.7. The molecular weight excluding hydrogens is 227 g/mol. The Kier molecular flexibility index (Phi) is 4.42. The maximum Gasteiger partial charge on any atom is 0.123 e. The van der Waals surface area contributed by atoms with Crippen molar-refractivity contribution in [1.82, 2.24) is 10.3 Å². The summed E-state index contributed by atoms with van der Waals surface area (Å²) in [6.45, 7) is 0. The lowest BCUT2D eigenvalue weighted by atomic mass is 10.00. The highest BCUT2D eigenvalue weighted by atomic mass is 19.1. The lowest BCUT2D eigenvalue weighted by molar-refractivity contribution is 0.552. The van der Waals surface area contributed by atoms with Crippen LogP contribution in [0, 0.1) is 5.82 Å². The van der Waals surface area contributed by atoms with Crippen molar-refractivity contribution in [2.45, 2.75) is 18.9 Å². The molecule has 2 rings (SSSR count). The second kappa shape index (κ2) is 6.26. The predicted molar refractivity (Wildman–Crippen MR) is 70.9 cm³/mol. The van der Waals surface area contributed by atoms with Crippen molar-refractivity contribution >= 4 is 0 Å². The highest BCUT2D eigenvalue weighted by molar-refractivity contribution is 5.19. The Morgan fingerprint density at radius 2 is 1.94 bits per heavy atom. The molecule has 0 aliphatic rings. The minimum Gasteiger partial charge on any atom is -0.316 e. The van der Waals surface area contributed by atoms with Gasteiger partial charge in [-0.15, -0.1) is 0 Å². The number of hydrogen-bond donors (Lipinski definition) is 1. The second-order valence-corrected chi connectivity index (χ2v) is 4.39. The Morgan fingerprint density at radius 3 is 2.61 bits per heavy atom. The van der Waals surface area contributed by atoms with Crippen LogP contribution in [0.5, 0.6) is 0 Å².